The molecular formula is C23H23NO6. The summed E-state index contributed by atoms with van der Waals surface area (Å²) in [4.78, 5) is 27.4. The molecule has 0 radical (unpaired) electrons. The number of hydrogen-bond acceptors (Lipinski definition) is 6. The molecule has 0 saturated carbocycles. The van der Waals surface area contributed by atoms with E-state index in [-0.39, 0.29) is 17.1 Å². The Morgan fingerprint density at radius 3 is 2.13 bits per heavy atom. The molecule has 0 N–H and O–H groups in total. The van der Waals surface area contributed by atoms with Crippen LogP contribution in [0.25, 0.3) is 6.08 Å². The predicted octanol–water partition coefficient (Wildman–Crippen LogP) is 3.59. The molecule has 0 atom stereocenters. The summed E-state index contributed by atoms with van der Waals surface area (Å²) in [6, 6.07) is 12.5. The van der Waals surface area contributed by atoms with Crippen molar-refractivity contribution in [2.75, 3.05) is 33.3 Å². The minimum Gasteiger partial charge on any atom is -0.493 e. The normalized spacial score (nSPS) is 14.9. The SMILES string of the molecule is COC(=O)C1=C(C)N(c2ccccc2)C(=O)/C1=C\c1ccc(OC)c(OC)c1OC. The number of rotatable bonds is 6. The summed E-state index contributed by atoms with van der Waals surface area (Å²) in [5, 5.41) is 0. The van der Waals surface area contributed by atoms with Crippen LogP contribution in [0.2, 0.25) is 0 Å². The Morgan fingerprint density at radius 2 is 1.57 bits per heavy atom. The second kappa shape index (κ2) is 8.73. The Morgan fingerprint density at radius 1 is 0.900 bits per heavy atom. The summed E-state index contributed by atoms with van der Waals surface area (Å²) in [6.07, 6.45) is 1.60. The fourth-order valence-corrected chi connectivity index (χ4v) is 3.46. The number of anilines is 1. The Balaban J connectivity index is 2.21. The van der Waals surface area contributed by atoms with Crippen LogP contribution in [0.15, 0.2) is 59.3 Å². The molecule has 0 bridgehead atoms. The van der Waals surface area contributed by atoms with Crippen molar-refractivity contribution in [3.63, 3.8) is 0 Å². The van der Waals surface area contributed by atoms with E-state index in [0.717, 1.165) is 0 Å². The third kappa shape index (κ3) is 3.50. The molecule has 7 nitrogen and oxygen atoms in total. The maximum absolute atomic E-state index is 13.3. The predicted molar refractivity (Wildman–Crippen MR) is 113 cm³/mol. The number of hydrogen-bond donors (Lipinski definition) is 0. The van der Waals surface area contributed by atoms with Crippen molar-refractivity contribution in [2.45, 2.75) is 6.92 Å². The first-order chi connectivity index (χ1) is 14.5. The molecule has 0 aliphatic carbocycles. The standard InChI is InChI=1S/C23H23NO6/c1-14-19(23(26)30-5)17(22(25)24(14)16-9-7-6-8-10-16)13-15-11-12-18(27-2)21(29-4)20(15)28-3/h6-13H,1-5H3/b17-13-. The third-order valence-electron chi connectivity index (χ3n) is 4.84. The van der Waals surface area contributed by atoms with E-state index in [4.69, 9.17) is 18.9 Å². The number of amides is 1. The minimum atomic E-state index is -0.593. The minimum absolute atomic E-state index is 0.197. The van der Waals surface area contributed by atoms with Gasteiger partial charge in [-0.15, -0.1) is 0 Å². The van der Waals surface area contributed by atoms with Gasteiger partial charge in [0.15, 0.2) is 11.5 Å². The van der Waals surface area contributed by atoms with Crippen LogP contribution in [0.5, 0.6) is 17.2 Å². The second-order valence-corrected chi connectivity index (χ2v) is 6.41. The molecule has 0 unspecified atom stereocenters. The Kier molecular flexibility index (Phi) is 6.11. The van der Waals surface area contributed by atoms with Gasteiger partial charge in [0.1, 0.15) is 0 Å². The average Bonchev–Trinajstić information content (AvgIpc) is 3.02. The van der Waals surface area contributed by atoms with Crippen LogP contribution in [-0.4, -0.2) is 40.3 Å². The number of benzene rings is 2. The number of para-hydroxylation sites is 1. The van der Waals surface area contributed by atoms with Crippen LogP contribution < -0.4 is 19.1 Å². The first kappa shape index (κ1) is 21.0. The Labute approximate surface area is 175 Å². The fourth-order valence-electron chi connectivity index (χ4n) is 3.46. The lowest BCUT2D eigenvalue weighted by Crippen LogP contribution is -2.24. The van der Waals surface area contributed by atoms with Gasteiger partial charge >= 0.3 is 5.97 Å². The zero-order valence-corrected chi connectivity index (χ0v) is 17.5. The van der Waals surface area contributed by atoms with E-state index in [0.29, 0.717) is 34.2 Å². The van der Waals surface area contributed by atoms with Gasteiger partial charge in [-0.1, -0.05) is 18.2 Å². The van der Waals surface area contributed by atoms with Gasteiger partial charge in [0.05, 0.1) is 39.6 Å². The van der Waals surface area contributed by atoms with Crippen molar-refractivity contribution in [2.24, 2.45) is 0 Å². The molecule has 0 spiro atoms. The van der Waals surface area contributed by atoms with Crippen molar-refractivity contribution in [3.05, 3.63) is 64.9 Å². The van der Waals surface area contributed by atoms with Gasteiger partial charge < -0.3 is 18.9 Å². The van der Waals surface area contributed by atoms with E-state index < -0.39 is 5.97 Å². The number of carbonyl (C=O) groups excluding carboxylic acids is 2. The van der Waals surface area contributed by atoms with E-state index in [1.54, 1.807) is 37.3 Å². The summed E-state index contributed by atoms with van der Waals surface area (Å²) in [6.45, 7) is 1.71. The molecule has 2 aromatic carbocycles. The van der Waals surface area contributed by atoms with Crippen molar-refractivity contribution >= 4 is 23.6 Å². The monoisotopic (exact) mass is 409 g/mol. The van der Waals surface area contributed by atoms with Crippen LogP contribution in [0.3, 0.4) is 0 Å². The zero-order chi connectivity index (χ0) is 21.8. The number of ether oxygens (including phenoxy) is 4. The van der Waals surface area contributed by atoms with E-state index >= 15 is 0 Å². The Hall–Kier alpha value is -3.74. The highest BCUT2D eigenvalue weighted by Crippen LogP contribution is 2.42. The highest BCUT2D eigenvalue weighted by atomic mass is 16.5. The third-order valence-corrected chi connectivity index (χ3v) is 4.84. The van der Waals surface area contributed by atoms with Crippen molar-refractivity contribution in [1.29, 1.82) is 0 Å². The molecule has 3 rings (SSSR count). The van der Waals surface area contributed by atoms with Gasteiger partial charge in [0.25, 0.3) is 5.91 Å². The van der Waals surface area contributed by atoms with Crippen LogP contribution in [0.1, 0.15) is 12.5 Å². The van der Waals surface area contributed by atoms with E-state index in [9.17, 15) is 9.59 Å². The van der Waals surface area contributed by atoms with Gasteiger partial charge in [-0.05, 0) is 37.3 Å². The van der Waals surface area contributed by atoms with Gasteiger partial charge in [-0.3, -0.25) is 9.69 Å². The molecule has 0 fully saturated rings. The summed E-state index contributed by atoms with van der Waals surface area (Å²) in [7, 11) is 5.80. The number of esters is 1. The maximum Gasteiger partial charge on any atom is 0.340 e. The van der Waals surface area contributed by atoms with Crippen LogP contribution in [-0.2, 0) is 14.3 Å². The van der Waals surface area contributed by atoms with Crippen molar-refractivity contribution in [1.82, 2.24) is 0 Å². The topological polar surface area (TPSA) is 74.3 Å². The number of allylic oxidation sites excluding steroid dienone is 1. The molecule has 0 aromatic heterocycles. The largest absolute Gasteiger partial charge is 0.493 e. The van der Waals surface area contributed by atoms with Gasteiger partial charge in [-0.2, -0.15) is 0 Å². The van der Waals surface area contributed by atoms with Gasteiger partial charge in [-0.25, -0.2) is 4.79 Å². The molecule has 7 heteroatoms. The fraction of sp³-hybridized carbons (Fsp3) is 0.217. The first-order valence-corrected chi connectivity index (χ1v) is 9.18. The van der Waals surface area contributed by atoms with Gasteiger partial charge in [0, 0.05) is 16.9 Å². The van der Waals surface area contributed by atoms with E-state index in [2.05, 4.69) is 0 Å². The van der Waals surface area contributed by atoms with Crippen LogP contribution in [0.4, 0.5) is 5.69 Å². The summed E-state index contributed by atoms with van der Waals surface area (Å²) in [5.74, 6) is 0.332. The summed E-state index contributed by atoms with van der Waals surface area (Å²) < 4.78 is 21.2. The summed E-state index contributed by atoms with van der Waals surface area (Å²) >= 11 is 0. The van der Waals surface area contributed by atoms with Crippen molar-refractivity contribution in [3.8, 4) is 17.2 Å². The average molecular weight is 409 g/mol. The Bertz CT molecular complexity index is 1040. The molecule has 1 aliphatic rings. The van der Waals surface area contributed by atoms with Gasteiger partial charge in [0.2, 0.25) is 5.75 Å². The molecule has 1 amide bonds. The number of methoxy groups -OCH3 is 4. The molecular weight excluding hydrogens is 386 g/mol. The second-order valence-electron chi connectivity index (χ2n) is 6.41. The first-order valence-electron chi connectivity index (χ1n) is 9.18. The van der Waals surface area contributed by atoms with Crippen LogP contribution >= 0.6 is 0 Å². The van der Waals surface area contributed by atoms with Crippen molar-refractivity contribution < 1.29 is 28.5 Å². The quantitative estimate of drug-likeness (QED) is 0.536. The molecule has 2 aromatic rings. The smallest absolute Gasteiger partial charge is 0.340 e. The molecule has 156 valence electrons. The molecule has 0 saturated heterocycles. The highest BCUT2D eigenvalue weighted by molar-refractivity contribution is 6.24. The van der Waals surface area contributed by atoms with E-state index in [1.807, 2.05) is 18.2 Å². The molecule has 1 aliphatic heterocycles. The van der Waals surface area contributed by atoms with Crippen LogP contribution in [0, 0.1) is 0 Å². The van der Waals surface area contributed by atoms with E-state index in [1.165, 1.54) is 33.3 Å². The highest BCUT2D eigenvalue weighted by Gasteiger charge is 2.38. The lowest BCUT2D eigenvalue weighted by Gasteiger charge is -2.17. The lowest BCUT2D eigenvalue weighted by atomic mass is 10.0. The maximum atomic E-state index is 13.3. The zero-order valence-electron chi connectivity index (χ0n) is 17.5. The number of nitrogens with zero attached hydrogens (tertiary/aromatic N) is 1. The lowest BCUT2D eigenvalue weighted by molar-refractivity contribution is -0.136. The molecule has 30 heavy (non-hydrogen) atoms. The summed E-state index contributed by atoms with van der Waals surface area (Å²) in [5.41, 5.74) is 2.10. The number of carbonyl (C=O) groups is 2. The molecule has 1 heterocycles.